The van der Waals surface area contributed by atoms with Crippen LogP contribution in [0.25, 0.3) is 16.6 Å². The summed E-state index contributed by atoms with van der Waals surface area (Å²) < 4.78 is 1.88. The number of nitrogens with one attached hydrogen (secondary N) is 1. The number of anilines is 1. The van der Waals surface area contributed by atoms with Gasteiger partial charge in [-0.05, 0) is 44.4 Å². The predicted octanol–water partition coefficient (Wildman–Crippen LogP) is 2.37. The van der Waals surface area contributed by atoms with Crippen molar-refractivity contribution in [3.8, 4) is 0 Å². The molecule has 0 saturated carbocycles. The zero-order chi connectivity index (χ0) is 16.0. The molecule has 6 heteroatoms. The highest BCUT2D eigenvalue weighted by atomic mass is 16.1. The number of H-pyrrole nitrogens is 1. The first kappa shape index (κ1) is 14.0. The molecule has 23 heavy (non-hydrogen) atoms. The lowest BCUT2D eigenvalue weighted by atomic mass is 10.1. The number of Topliss-reactive ketones (excluding diaryl/α,β-unsaturated/α-hetero) is 1. The summed E-state index contributed by atoms with van der Waals surface area (Å²) in [5.74, 6) is 0.794. The Kier molecular flexibility index (Phi) is 3.18. The Balaban J connectivity index is 2.04. The average Bonchev–Trinajstić information content (AvgIpc) is 3.01. The van der Waals surface area contributed by atoms with Crippen LogP contribution in [0.4, 0.5) is 5.95 Å². The number of hydrogen-bond donors (Lipinski definition) is 1. The van der Waals surface area contributed by atoms with Gasteiger partial charge in [0.05, 0.1) is 17.2 Å². The number of aromatic amines is 1. The van der Waals surface area contributed by atoms with E-state index < -0.39 is 0 Å². The summed E-state index contributed by atoms with van der Waals surface area (Å²) in [7, 11) is 0. The van der Waals surface area contributed by atoms with Crippen LogP contribution in [0.15, 0.2) is 29.2 Å². The number of nitrogens with zero attached hydrogens (tertiary/aromatic N) is 3. The largest absolute Gasteiger partial charge is 0.342 e. The topological polar surface area (TPSA) is 70.5 Å². The highest BCUT2D eigenvalue weighted by Crippen LogP contribution is 2.23. The molecular formula is C17H18N4O2. The van der Waals surface area contributed by atoms with Crippen LogP contribution in [0.1, 0.15) is 36.5 Å². The summed E-state index contributed by atoms with van der Waals surface area (Å²) in [5.41, 5.74) is 2.50. The third-order valence-electron chi connectivity index (χ3n) is 4.51. The van der Waals surface area contributed by atoms with Gasteiger partial charge in [-0.3, -0.25) is 14.0 Å². The van der Waals surface area contributed by atoms with Crippen molar-refractivity contribution >= 4 is 28.3 Å². The molecule has 0 amide bonds. The number of fused-ring (bicyclic) bond motifs is 3. The van der Waals surface area contributed by atoms with Crippen molar-refractivity contribution < 1.29 is 4.79 Å². The molecule has 0 unspecified atom stereocenters. The fourth-order valence-electron chi connectivity index (χ4n) is 3.28. The minimum Gasteiger partial charge on any atom is -0.342 e. The molecule has 0 bridgehead atoms. The fraction of sp³-hybridized carbons (Fsp3) is 0.353. The Labute approximate surface area is 132 Å². The van der Waals surface area contributed by atoms with Crippen LogP contribution in [-0.2, 0) is 0 Å². The van der Waals surface area contributed by atoms with E-state index in [1.54, 1.807) is 25.3 Å². The van der Waals surface area contributed by atoms with Gasteiger partial charge in [0.1, 0.15) is 5.52 Å². The Morgan fingerprint density at radius 3 is 2.70 bits per heavy atom. The van der Waals surface area contributed by atoms with Gasteiger partial charge in [0, 0.05) is 18.7 Å². The van der Waals surface area contributed by atoms with Crippen molar-refractivity contribution in [1.29, 1.82) is 0 Å². The van der Waals surface area contributed by atoms with Gasteiger partial charge in [-0.2, -0.15) is 0 Å². The van der Waals surface area contributed by atoms with Crippen LogP contribution in [0.3, 0.4) is 0 Å². The highest BCUT2D eigenvalue weighted by Gasteiger charge is 2.19. The van der Waals surface area contributed by atoms with E-state index >= 15 is 0 Å². The number of aromatic nitrogens is 3. The minimum absolute atomic E-state index is 0.00545. The number of carbonyl (C=O) groups is 1. The van der Waals surface area contributed by atoms with Gasteiger partial charge in [0.25, 0.3) is 5.56 Å². The number of ketones is 1. The fourth-order valence-corrected chi connectivity index (χ4v) is 3.28. The quantitative estimate of drug-likeness (QED) is 0.738. The number of imidazole rings is 1. The standard InChI is InChI=1S/C17H18N4O2/c1-11(22)12-5-6-13-14(9-12)21-15(16(23)19-13)10-18-17(21)20-7-3-2-4-8-20/h5-6,9-10H,2-4,7-8H2,1H3,(H,19,23). The molecule has 0 atom stereocenters. The Morgan fingerprint density at radius 2 is 1.96 bits per heavy atom. The van der Waals surface area contributed by atoms with Crippen molar-refractivity contribution in [3.63, 3.8) is 0 Å². The molecule has 2 aromatic heterocycles. The molecule has 1 aromatic carbocycles. The van der Waals surface area contributed by atoms with Gasteiger partial charge in [-0.1, -0.05) is 0 Å². The van der Waals surface area contributed by atoms with Crippen LogP contribution >= 0.6 is 0 Å². The third-order valence-corrected chi connectivity index (χ3v) is 4.51. The van der Waals surface area contributed by atoms with Gasteiger partial charge in [0.15, 0.2) is 5.78 Å². The molecule has 1 saturated heterocycles. The molecule has 4 rings (SSSR count). The normalized spacial score (nSPS) is 15.4. The molecule has 1 aliphatic rings. The minimum atomic E-state index is -0.163. The molecule has 3 aromatic rings. The lowest BCUT2D eigenvalue weighted by Gasteiger charge is -2.27. The Hall–Kier alpha value is -2.63. The van der Waals surface area contributed by atoms with Crippen LogP contribution in [-0.4, -0.2) is 33.2 Å². The van der Waals surface area contributed by atoms with Crippen LogP contribution in [0.5, 0.6) is 0 Å². The third kappa shape index (κ3) is 2.21. The van der Waals surface area contributed by atoms with Crippen molar-refractivity contribution in [1.82, 2.24) is 14.4 Å². The van der Waals surface area contributed by atoms with E-state index in [0.717, 1.165) is 37.4 Å². The highest BCUT2D eigenvalue weighted by molar-refractivity contribution is 5.97. The summed E-state index contributed by atoms with van der Waals surface area (Å²) in [6, 6.07) is 5.35. The summed E-state index contributed by atoms with van der Waals surface area (Å²) in [4.78, 5) is 33.6. The number of benzene rings is 1. The lowest BCUT2D eigenvalue weighted by Crippen LogP contribution is -2.31. The molecule has 1 N–H and O–H groups in total. The van der Waals surface area contributed by atoms with Crippen LogP contribution in [0, 0.1) is 0 Å². The van der Waals surface area contributed by atoms with E-state index in [4.69, 9.17) is 0 Å². The maximum atomic E-state index is 12.3. The van der Waals surface area contributed by atoms with E-state index in [0.29, 0.717) is 16.6 Å². The zero-order valence-electron chi connectivity index (χ0n) is 13.0. The van der Waals surface area contributed by atoms with Crippen molar-refractivity contribution in [2.75, 3.05) is 18.0 Å². The van der Waals surface area contributed by atoms with Crippen molar-refractivity contribution in [3.05, 3.63) is 40.3 Å². The molecule has 1 aliphatic heterocycles. The summed E-state index contributed by atoms with van der Waals surface area (Å²) in [6.45, 7) is 3.43. The van der Waals surface area contributed by atoms with Gasteiger partial charge >= 0.3 is 0 Å². The monoisotopic (exact) mass is 310 g/mol. The van der Waals surface area contributed by atoms with Gasteiger partial charge in [0.2, 0.25) is 5.95 Å². The molecule has 0 radical (unpaired) electrons. The second-order valence-electron chi connectivity index (χ2n) is 6.07. The molecule has 6 nitrogen and oxygen atoms in total. The maximum Gasteiger partial charge on any atom is 0.274 e. The summed E-state index contributed by atoms with van der Waals surface area (Å²) in [5, 5.41) is 0. The molecule has 1 fully saturated rings. The number of piperidine rings is 1. The van der Waals surface area contributed by atoms with E-state index in [2.05, 4.69) is 14.9 Å². The first-order valence-electron chi connectivity index (χ1n) is 7.94. The van der Waals surface area contributed by atoms with Crippen molar-refractivity contribution in [2.24, 2.45) is 0 Å². The summed E-state index contributed by atoms with van der Waals surface area (Å²) >= 11 is 0. The van der Waals surface area contributed by atoms with E-state index in [1.807, 2.05) is 10.5 Å². The molecule has 3 heterocycles. The second kappa shape index (κ2) is 5.22. The average molecular weight is 310 g/mol. The number of carbonyl (C=O) groups excluding carboxylic acids is 1. The Morgan fingerprint density at radius 1 is 1.17 bits per heavy atom. The predicted molar refractivity (Wildman–Crippen MR) is 89.4 cm³/mol. The van der Waals surface area contributed by atoms with Gasteiger partial charge < -0.3 is 9.88 Å². The van der Waals surface area contributed by atoms with Crippen molar-refractivity contribution in [2.45, 2.75) is 26.2 Å². The first-order valence-corrected chi connectivity index (χ1v) is 7.94. The van der Waals surface area contributed by atoms with Crippen LogP contribution < -0.4 is 10.5 Å². The molecular weight excluding hydrogens is 292 g/mol. The Bertz CT molecular complexity index is 964. The summed E-state index contributed by atoms with van der Waals surface area (Å²) in [6.07, 6.45) is 5.11. The van der Waals surface area contributed by atoms with Gasteiger partial charge in [-0.15, -0.1) is 0 Å². The maximum absolute atomic E-state index is 12.3. The van der Waals surface area contributed by atoms with E-state index in [9.17, 15) is 9.59 Å². The lowest BCUT2D eigenvalue weighted by molar-refractivity contribution is 0.101. The smallest absolute Gasteiger partial charge is 0.274 e. The van der Waals surface area contributed by atoms with Gasteiger partial charge in [-0.25, -0.2) is 4.98 Å². The first-order chi connectivity index (χ1) is 11.1. The SMILES string of the molecule is CC(=O)c1ccc2[nH]c(=O)c3cnc(N4CCCCC4)n3c2c1. The molecule has 118 valence electrons. The second-order valence-corrected chi connectivity index (χ2v) is 6.07. The zero-order valence-corrected chi connectivity index (χ0v) is 13.0. The number of rotatable bonds is 2. The van der Waals surface area contributed by atoms with E-state index in [1.165, 1.54) is 6.42 Å². The van der Waals surface area contributed by atoms with Crippen LogP contribution in [0.2, 0.25) is 0 Å². The van der Waals surface area contributed by atoms with E-state index in [-0.39, 0.29) is 11.3 Å². The number of hydrogen-bond acceptors (Lipinski definition) is 4. The molecule has 0 spiro atoms. The molecule has 0 aliphatic carbocycles.